The number of nitrogens with zero attached hydrogens (tertiary/aromatic N) is 2. The van der Waals surface area contributed by atoms with Gasteiger partial charge in [-0.05, 0) is 68.9 Å². The largest absolute Gasteiger partial charge is 0.474 e. The summed E-state index contributed by atoms with van der Waals surface area (Å²) in [4.78, 5) is 30.7. The van der Waals surface area contributed by atoms with Crippen molar-refractivity contribution in [3.63, 3.8) is 0 Å². The van der Waals surface area contributed by atoms with E-state index in [0.717, 1.165) is 25.0 Å². The maximum absolute atomic E-state index is 13.7. The fourth-order valence-corrected chi connectivity index (χ4v) is 5.36. The highest BCUT2D eigenvalue weighted by atomic mass is 19.4. The number of benzene rings is 1. The van der Waals surface area contributed by atoms with E-state index in [1.54, 1.807) is 18.2 Å². The lowest BCUT2D eigenvalue weighted by molar-refractivity contribution is -0.137. The first kappa shape index (κ1) is 25.3. The van der Waals surface area contributed by atoms with Gasteiger partial charge in [-0.2, -0.15) is 13.2 Å². The third kappa shape index (κ3) is 5.66. The van der Waals surface area contributed by atoms with Crippen LogP contribution in [0.3, 0.4) is 0 Å². The van der Waals surface area contributed by atoms with E-state index >= 15 is 0 Å². The average molecular weight is 519 g/mol. The highest BCUT2D eigenvalue weighted by Gasteiger charge is 2.37. The Balaban J connectivity index is 1.25. The Labute approximate surface area is 212 Å². The molecule has 6 rings (SSSR count). The van der Waals surface area contributed by atoms with Crippen molar-refractivity contribution >= 4 is 17.5 Å². The Hall–Kier alpha value is -3.34. The summed E-state index contributed by atoms with van der Waals surface area (Å²) in [5.74, 6) is -0.985. The van der Waals surface area contributed by atoms with Gasteiger partial charge in [-0.3, -0.25) is 9.59 Å². The summed E-state index contributed by atoms with van der Waals surface area (Å²) in [7, 11) is 0. The number of halogens is 3. The summed E-state index contributed by atoms with van der Waals surface area (Å²) in [6, 6.07) is 6.53. The zero-order valence-electron chi connectivity index (χ0n) is 20.2. The van der Waals surface area contributed by atoms with E-state index in [1.807, 2.05) is 4.90 Å². The number of rotatable bonds is 6. The molecule has 11 heteroatoms. The highest BCUT2D eigenvalue weighted by molar-refractivity contribution is 5.96. The van der Waals surface area contributed by atoms with E-state index in [9.17, 15) is 22.8 Å². The van der Waals surface area contributed by atoms with Crippen molar-refractivity contribution in [2.24, 2.45) is 5.73 Å². The van der Waals surface area contributed by atoms with Crippen molar-refractivity contribution in [3.8, 4) is 5.88 Å². The van der Waals surface area contributed by atoms with Gasteiger partial charge in [0.15, 0.2) is 0 Å². The summed E-state index contributed by atoms with van der Waals surface area (Å²) in [6.07, 6.45) is 0.811. The van der Waals surface area contributed by atoms with Gasteiger partial charge < -0.3 is 25.4 Å². The van der Waals surface area contributed by atoms with Crippen LogP contribution in [0, 0.1) is 0 Å². The van der Waals surface area contributed by atoms with Crippen LogP contribution in [0.15, 0.2) is 36.5 Å². The van der Waals surface area contributed by atoms with E-state index in [4.69, 9.17) is 15.2 Å². The van der Waals surface area contributed by atoms with Crippen LogP contribution in [0.2, 0.25) is 0 Å². The number of alkyl halides is 3. The molecule has 37 heavy (non-hydrogen) atoms. The van der Waals surface area contributed by atoms with Crippen LogP contribution in [0.25, 0.3) is 0 Å². The second kappa shape index (κ2) is 10.2. The topological polar surface area (TPSA) is 107 Å². The van der Waals surface area contributed by atoms with Crippen molar-refractivity contribution in [2.45, 2.75) is 69.0 Å². The second-order valence-electron chi connectivity index (χ2n) is 9.89. The van der Waals surface area contributed by atoms with Crippen molar-refractivity contribution in [1.29, 1.82) is 0 Å². The number of morpholine rings is 1. The zero-order valence-corrected chi connectivity index (χ0v) is 20.2. The van der Waals surface area contributed by atoms with Gasteiger partial charge in [0.2, 0.25) is 5.88 Å². The number of carbonyl (C=O) groups excluding carboxylic acids is 2. The first-order chi connectivity index (χ1) is 17.7. The number of piperidine rings is 1. The van der Waals surface area contributed by atoms with Gasteiger partial charge in [0.05, 0.1) is 24.3 Å². The molecule has 198 valence electrons. The number of amides is 2. The molecule has 1 saturated carbocycles. The number of fused-ring (bicyclic) bond motifs is 3. The Morgan fingerprint density at radius 2 is 1.89 bits per heavy atom. The van der Waals surface area contributed by atoms with Gasteiger partial charge in [0.25, 0.3) is 11.8 Å². The van der Waals surface area contributed by atoms with E-state index in [-0.39, 0.29) is 41.3 Å². The lowest BCUT2D eigenvalue weighted by Gasteiger charge is -2.46. The number of aromatic nitrogens is 1. The van der Waals surface area contributed by atoms with Gasteiger partial charge in [-0.1, -0.05) is 0 Å². The summed E-state index contributed by atoms with van der Waals surface area (Å²) < 4.78 is 52.7. The molecule has 3 N–H and O–H groups in total. The molecular weight excluding hydrogens is 489 g/mol. The number of nitrogens with two attached hydrogens (primary N) is 1. The highest BCUT2D eigenvalue weighted by Crippen LogP contribution is 2.37. The van der Waals surface area contributed by atoms with Gasteiger partial charge in [-0.15, -0.1) is 0 Å². The molecule has 0 spiro atoms. The number of carbonyl (C=O) groups is 2. The number of hydrogen-bond acceptors (Lipinski definition) is 6. The molecule has 8 nitrogen and oxygen atoms in total. The minimum atomic E-state index is -4.57. The van der Waals surface area contributed by atoms with E-state index in [1.165, 1.54) is 6.20 Å². The molecule has 4 fully saturated rings. The maximum Gasteiger partial charge on any atom is 0.416 e. The predicted molar refractivity (Wildman–Crippen MR) is 128 cm³/mol. The fraction of sp³-hybridized carbons (Fsp3) is 0.500. The molecule has 4 heterocycles. The lowest BCUT2D eigenvalue weighted by Crippen LogP contribution is -2.54. The molecule has 2 unspecified atom stereocenters. The second-order valence-corrected chi connectivity index (χ2v) is 9.89. The number of anilines is 1. The SMILES string of the molecule is NC(=O)c1cccnc1OC1CCC(NC(=O)c2cc(N3CC4CCC3CO4)cc(C(F)(F)F)c2)CC1. The molecule has 2 atom stereocenters. The first-order valence-corrected chi connectivity index (χ1v) is 12.5. The minimum Gasteiger partial charge on any atom is -0.474 e. The van der Waals surface area contributed by atoms with Crippen LogP contribution in [0.4, 0.5) is 18.9 Å². The Morgan fingerprint density at radius 1 is 1.11 bits per heavy atom. The van der Waals surface area contributed by atoms with Crippen LogP contribution >= 0.6 is 0 Å². The normalized spacial score (nSPS) is 25.5. The third-order valence-corrected chi connectivity index (χ3v) is 7.35. The molecular formula is C26H29F3N4O4. The van der Waals surface area contributed by atoms with Gasteiger partial charge >= 0.3 is 6.18 Å². The quantitative estimate of drug-likeness (QED) is 0.604. The fourth-order valence-electron chi connectivity index (χ4n) is 5.36. The van der Waals surface area contributed by atoms with Crippen molar-refractivity contribution in [1.82, 2.24) is 10.3 Å². The lowest BCUT2D eigenvalue weighted by atomic mass is 9.92. The van der Waals surface area contributed by atoms with Crippen LogP contribution in [-0.2, 0) is 10.9 Å². The molecule has 2 amide bonds. The number of nitrogens with one attached hydrogen (secondary N) is 1. The van der Waals surface area contributed by atoms with Gasteiger partial charge in [-0.25, -0.2) is 4.98 Å². The van der Waals surface area contributed by atoms with E-state index in [2.05, 4.69) is 10.3 Å². The molecule has 0 radical (unpaired) electrons. The average Bonchev–Trinajstić information content (AvgIpc) is 2.90. The monoisotopic (exact) mass is 518 g/mol. The summed E-state index contributed by atoms with van der Waals surface area (Å²) in [5.41, 5.74) is 5.13. The zero-order chi connectivity index (χ0) is 26.2. The molecule has 1 aromatic heterocycles. The van der Waals surface area contributed by atoms with E-state index in [0.29, 0.717) is 44.5 Å². The standard InChI is InChI=1S/C26H29F3N4O4/c27-26(28,29)16-10-15(11-19(12-16)33-13-21-8-5-18(33)14-36-21)24(35)32-17-3-6-20(7-4-17)37-25-22(23(30)34)2-1-9-31-25/h1-2,9-12,17-18,20-21H,3-8,13-14H2,(H2,30,34)(H,32,35). The van der Waals surface area contributed by atoms with Crippen LogP contribution in [0.5, 0.6) is 5.88 Å². The van der Waals surface area contributed by atoms with Gasteiger partial charge in [0, 0.05) is 30.0 Å². The molecule has 3 saturated heterocycles. The summed E-state index contributed by atoms with van der Waals surface area (Å²) >= 11 is 0. The molecule has 3 aliphatic heterocycles. The Kier molecular flexibility index (Phi) is 6.98. The third-order valence-electron chi connectivity index (χ3n) is 7.35. The van der Waals surface area contributed by atoms with Crippen molar-refractivity contribution in [3.05, 3.63) is 53.2 Å². The predicted octanol–water partition coefficient (Wildman–Crippen LogP) is 3.69. The first-order valence-electron chi connectivity index (χ1n) is 12.5. The molecule has 2 bridgehead atoms. The molecule has 4 aliphatic rings. The van der Waals surface area contributed by atoms with E-state index < -0.39 is 23.6 Å². The maximum atomic E-state index is 13.7. The number of ether oxygens (including phenoxy) is 2. The van der Waals surface area contributed by atoms with Crippen LogP contribution < -0.4 is 20.7 Å². The Bertz CT molecular complexity index is 1160. The van der Waals surface area contributed by atoms with Crippen LogP contribution in [-0.4, -0.2) is 54.2 Å². The molecule has 1 aliphatic carbocycles. The van der Waals surface area contributed by atoms with Crippen LogP contribution in [0.1, 0.15) is 64.8 Å². The van der Waals surface area contributed by atoms with Crippen molar-refractivity contribution < 1.29 is 32.2 Å². The Morgan fingerprint density at radius 3 is 2.51 bits per heavy atom. The summed E-state index contributed by atoms with van der Waals surface area (Å²) in [5, 5.41) is 2.90. The smallest absolute Gasteiger partial charge is 0.416 e. The van der Waals surface area contributed by atoms with Gasteiger partial charge in [0.1, 0.15) is 11.7 Å². The summed E-state index contributed by atoms with van der Waals surface area (Å²) in [6.45, 7) is 0.998. The molecule has 1 aromatic carbocycles. The number of pyridine rings is 1. The number of hydrogen-bond donors (Lipinski definition) is 2. The minimum absolute atomic E-state index is 0.000592. The van der Waals surface area contributed by atoms with Crippen molar-refractivity contribution in [2.75, 3.05) is 18.1 Å². The molecule has 2 aromatic rings. The number of primary amides is 1.